The van der Waals surface area contributed by atoms with Gasteiger partial charge in [-0.05, 0) is 72.5 Å². The number of piperazine rings is 1. The van der Waals surface area contributed by atoms with Crippen molar-refractivity contribution in [3.8, 4) is 11.1 Å². The van der Waals surface area contributed by atoms with Crippen LogP contribution in [-0.4, -0.2) is 42.0 Å². The van der Waals surface area contributed by atoms with Crippen LogP contribution < -0.4 is 20.9 Å². The zero-order valence-corrected chi connectivity index (χ0v) is 20.2. The minimum absolute atomic E-state index is 0.379. The van der Waals surface area contributed by atoms with E-state index in [-0.39, 0.29) is 5.91 Å². The second kappa shape index (κ2) is 9.04. The number of thiophene rings is 1. The van der Waals surface area contributed by atoms with E-state index < -0.39 is 5.91 Å². The molecule has 0 bridgehead atoms. The maximum Gasteiger partial charge on any atom is 0.260 e. The average molecular weight is 474 g/mol. The van der Waals surface area contributed by atoms with Gasteiger partial charge in [-0.1, -0.05) is 6.07 Å². The number of amides is 2. The Labute approximate surface area is 202 Å². The smallest absolute Gasteiger partial charge is 0.260 e. The van der Waals surface area contributed by atoms with Crippen LogP contribution in [0.3, 0.4) is 0 Å². The first-order valence-electron chi connectivity index (χ1n) is 11.4. The minimum atomic E-state index is -0.419. The third-order valence-electron chi connectivity index (χ3n) is 6.17. The first-order chi connectivity index (χ1) is 16.4. The lowest BCUT2D eigenvalue weighted by atomic mass is 9.92. The zero-order valence-electron chi connectivity index (χ0n) is 19.4. The Morgan fingerprint density at radius 3 is 2.56 bits per heavy atom. The molecule has 0 radical (unpaired) electrons. The Balaban J connectivity index is 1.43. The Morgan fingerprint density at radius 2 is 1.85 bits per heavy atom. The molecule has 0 unspecified atom stereocenters. The highest BCUT2D eigenvalue weighted by atomic mass is 32.1. The third-order valence-corrected chi connectivity index (χ3v) is 6.85. The monoisotopic (exact) mass is 473 g/mol. The van der Waals surface area contributed by atoms with Crippen LogP contribution in [0.4, 0.5) is 11.5 Å². The van der Waals surface area contributed by atoms with Crippen molar-refractivity contribution >= 4 is 40.2 Å². The normalized spacial score (nSPS) is 21.4. The number of fused-ring (bicyclic) bond motifs is 1. The van der Waals surface area contributed by atoms with Crippen molar-refractivity contribution in [2.75, 3.05) is 23.3 Å². The van der Waals surface area contributed by atoms with Crippen LogP contribution in [0, 0.1) is 6.92 Å². The molecule has 174 valence electrons. The third kappa shape index (κ3) is 4.34. The number of rotatable bonds is 4. The van der Waals surface area contributed by atoms with Gasteiger partial charge >= 0.3 is 0 Å². The number of nitrogens with zero attached hydrogens (tertiary/aromatic N) is 2. The maximum atomic E-state index is 12.7. The molecule has 2 aliphatic rings. The van der Waals surface area contributed by atoms with E-state index in [4.69, 9.17) is 4.98 Å². The summed E-state index contributed by atoms with van der Waals surface area (Å²) < 4.78 is 0. The number of pyridine rings is 1. The van der Waals surface area contributed by atoms with Gasteiger partial charge in [0, 0.05) is 42.5 Å². The summed E-state index contributed by atoms with van der Waals surface area (Å²) in [4.78, 5) is 32.1. The summed E-state index contributed by atoms with van der Waals surface area (Å²) in [7, 11) is 0. The first kappa shape index (κ1) is 22.3. The van der Waals surface area contributed by atoms with Crippen molar-refractivity contribution < 1.29 is 9.59 Å². The molecule has 8 heteroatoms. The molecule has 1 saturated heterocycles. The Kier molecular flexibility index (Phi) is 5.93. The molecule has 3 N–H and O–H groups in total. The molecular formula is C26H27N5O2S. The maximum absolute atomic E-state index is 12.7. The number of carbonyl (C=O) groups excluding carboxylic acids is 2. The quantitative estimate of drug-likeness (QED) is 0.392. The van der Waals surface area contributed by atoms with Gasteiger partial charge < -0.3 is 15.5 Å². The lowest BCUT2D eigenvalue weighted by Gasteiger charge is -2.37. The fraction of sp³-hybridized carbons (Fsp3) is 0.269. The van der Waals surface area contributed by atoms with E-state index in [9.17, 15) is 9.59 Å². The summed E-state index contributed by atoms with van der Waals surface area (Å²) >= 11 is 1.61. The number of aromatic nitrogens is 1. The van der Waals surface area contributed by atoms with Gasteiger partial charge in [0.2, 0.25) is 0 Å². The van der Waals surface area contributed by atoms with Crippen molar-refractivity contribution in [3.63, 3.8) is 0 Å². The van der Waals surface area contributed by atoms with Crippen LogP contribution >= 0.6 is 11.3 Å². The highest BCUT2D eigenvalue weighted by Crippen LogP contribution is 2.31. The van der Waals surface area contributed by atoms with E-state index in [0.717, 1.165) is 41.3 Å². The summed E-state index contributed by atoms with van der Waals surface area (Å²) in [5.74, 6) is 0.179. The second-order valence-corrected chi connectivity index (χ2v) is 9.78. The highest BCUT2D eigenvalue weighted by molar-refractivity contribution is 7.08. The summed E-state index contributed by atoms with van der Waals surface area (Å²) in [6.07, 6.45) is 3.44. The molecule has 5 rings (SSSR count). The van der Waals surface area contributed by atoms with E-state index in [2.05, 4.69) is 34.7 Å². The average Bonchev–Trinajstić information content (AvgIpc) is 3.33. The number of nitrogens with one attached hydrogen (secondary N) is 3. The van der Waals surface area contributed by atoms with Gasteiger partial charge in [-0.25, -0.2) is 4.98 Å². The SMILES string of the molecule is Cc1cc(NC=C2C(=O)NC(=O)c3ccc(-c4ccsc4)cc32)cnc1N1C[C@@H](C)N[C@@H](C)C1. The minimum Gasteiger partial charge on any atom is -0.360 e. The zero-order chi connectivity index (χ0) is 23.8. The van der Waals surface area contributed by atoms with E-state index in [1.54, 1.807) is 29.8 Å². The number of benzene rings is 1. The molecule has 4 heterocycles. The molecule has 34 heavy (non-hydrogen) atoms. The first-order valence-corrected chi connectivity index (χ1v) is 12.3. The molecule has 1 fully saturated rings. The molecule has 7 nitrogen and oxygen atoms in total. The van der Waals surface area contributed by atoms with Crippen LogP contribution in [-0.2, 0) is 4.79 Å². The van der Waals surface area contributed by atoms with Crippen molar-refractivity contribution in [1.82, 2.24) is 15.6 Å². The van der Waals surface area contributed by atoms with Gasteiger partial charge in [-0.15, -0.1) is 0 Å². The van der Waals surface area contributed by atoms with Crippen LogP contribution in [0.5, 0.6) is 0 Å². The second-order valence-electron chi connectivity index (χ2n) is 9.00. The molecule has 3 aromatic rings. The van der Waals surface area contributed by atoms with Crippen LogP contribution in [0.1, 0.15) is 35.3 Å². The van der Waals surface area contributed by atoms with Crippen LogP contribution in [0.2, 0.25) is 0 Å². The van der Waals surface area contributed by atoms with E-state index in [1.807, 2.05) is 41.9 Å². The van der Waals surface area contributed by atoms with Gasteiger partial charge in [0.05, 0.1) is 17.5 Å². The summed E-state index contributed by atoms with van der Waals surface area (Å²) in [5, 5.41) is 13.2. The van der Waals surface area contributed by atoms with Gasteiger partial charge in [0.15, 0.2) is 0 Å². The Morgan fingerprint density at radius 1 is 1.06 bits per heavy atom. The number of aryl methyl sites for hydroxylation is 1. The van der Waals surface area contributed by atoms with Gasteiger partial charge in [0.25, 0.3) is 11.8 Å². The van der Waals surface area contributed by atoms with Crippen LogP contribution in [0.15, 0.2) is 53.5 Å². The van der Waals surface area contributed by atoms with Gasteiger partial charge in [-0.3, -0.25) is 14.9 Å². The molecule has 1 aromatic carbocycles. The lowest BCUT2D eigenvalue weighted by Crippen LogP contribution is -2.54. The molecular weight excluding hydrogens is 446 g/mol. The predicted molar refractivity (Wildman–Crippen MR) is 137 cm³/mol. The largest absolute Gasteiger partial charge is 0.360 e. The summed E-state index contributed by atoms with van der Waals surface area (Å²) in [6, 6.07) is 10.4. The van der Waals surface area contributed by atoms with E-state index in [0.29, 0.717) is 28.8 Å². The molecule has 0 spiro atoms. The molecule has 2 aromatic heterocycles. The van der Waals surface area contributed by atoms with Gasteiger partial charge in [-0.2, -0.15) is 11.3 Å². The van der Waals surface area contributed by atoms with E-state index in [1.165, 1.54) is 0 Å². The van der Waals surface area contributed by atoms with Gasteiger partial charge in [0.1, 0.15) is 5.82 Å². The number of imide groups is 1. The molecule has 2 atom stereocenters. The number of hydrogen-bond donors (Lipinski definition) is 3. The summed E-state index contributed by atoms with van der Waals surface area (Å²) in [6.45, 7) is 8.23. The topological polar surface area (TPSA) is 86.4 Å². The van der Waals surface area contributed by atoms with Crippen molar-refractivity contribution in [2.45, 2.75) is 32.9 Å². The van der Waals surface area contributed by atoms with E-state index >= 15 is 0 Å². The molecule has 2 aliphatic heterocycles. The summed E-state index contributed by atoms with van der Waals surface area (Å²) in [5.41, 5.74) is 5.39. The van der Waals surface area contributed by atoms with Crippen LogP contribution in [0.25, 0.3) is 16.7 Å². The fourth-order valence-electron chi connectivity index (χ4n) is 4.71. The molecule has 0 saturated carbocycles. The number of carbonyl (C=O) groups is 2. The Bertz CT molecular complexity index is 1270. The van der Waals surface area contributed by atoms with Crippen molar-refractivity contribution in [3.05, 3.63) is 70.2 Å². The van der Waals surface area contributed by atoms with Crippen molar-refractivity contribution in [1.29, 1.82) is 0 Å². The van der Waals surface area contributed by atoms with Crippen molar-refractivity contribution in [2.24, 2.45) is 0 Å². The fourth-order valence-corrected chi connectivity index (χ4v) is 5.37. The Hall–Kier alpha value is -3.49. The predicted octanol–water partition coefficient (Wildman–Crippen LogP) is 4.03. The number of anilines is 2. The molecule has 2 amide bonds. The molecule has 0 aliphatic carbocycles. The standard InChI is InChI=1S/C26H27N5O2S/c1-15-8-20(10-28-24(15)31-12-16(2)29-17(3)13-31)27-11-23-22-9-18(19-6-7-34-14-19)4-5-21(22)25(32)30-26(23)33/h4-11,14,16-17,27,29H,12-13H2,1-3H3,(H,30,32,33)/t16-,17+. The number of hydrogen-bond acceptors (Lipinski definition) is 7. The lowest BCUT2D eigenvalue weighted by molar-refractivity contribution is -0.114. The highest BCUT2D eigenvalue weighted by Gasteiger charge is 2.28.